The van der Waals surface area contributed by atoms with E-state index in [1.807, 2.05) is 0 Å². The minimum Gasteiger partial charge on any atom is -0.548 e. The molecule has 1 aliphatic rings. The van der Waals surface area contributed by atoms with Crippen LogP contribution in [0.1, 0.15) is 44.7 Å². The molecular weight excluding hydrogens is 272 g/mol. The molecule has 0 amide bonds. The first-order chi connectivity index (χ1) is 9.51. The number of hydrogen-bond acceptors (Lipinski definition) is 1. The van der Waals surface area contributed by atoms with Gasteiger partial charge in [-0.2, -0.15) is 0 Å². The molecule has 0 saturated carbocycles. The summed E-state index contributed by atoms with van der Waals surface area (Å²) in [5, 5.41) is 0. The Hall–Kier alpha value is -1.02. The molecule has 0 aromatic heterocycles. The first-order valence-electron chi connectivity index (χ1n) is 7.98. The van der Waals surface area contributed by atoms with Crippen molar-refractivity contribution in [2.24, 2.45) is 5.41 Å². The highest BCUT2D eigenvalue weighted by atomic mass is 28.4. The van der Waals surface area contributed by atoms with Gasteiger partial charge in [0.1, 0.15) is 0 Å². The summed E-state index contributed by atoms with van der Waals surface area (Å²) in [6.45, 7) is 16.1. The molecular formula is C19H30OSi. The first kappa shape index (κ1) is 16.3. The van der Waals surface area contributed by atoms with E-state index in [1.54, 1.807) is 0 Å². The van der Waals surface area contributed by atoms with E-state index in [0.29, 0.717) is 0 Å². The van der Waals surface area contributed by atoms with Gasteiger partial charge in [0.05, 0.1) is 5.76 Å². The summed E-state index contributed by atoms with van der Waals surface area (Å²) < 4.78 is 6.37. The third-order valence-electron chi connectivity index (χ3n) is 4.18. The first-order valence-corrected chi connectivity index (χ1v) is 11.4. The highest BCUT2D eigenvalue weighted by molar-refractivity contribution is 6.70. The maximum absolute atomic E-state index is 6.37. The van der Waals surface area contributed by atoms with Crippen molar-refractivity contribution >= 4 is 8.32 Å². The fourth-order valence-corrected chi connectivity index (χ4v) is 4.75. The van der Waals surface area contributed by atoms with Crippen molar-refractivity contribution in [3.63, 3.8) is 0 Å². The van der Waals surface area contributed by atoms with Crippen LogP contribution in [0.15, 0.2) is 36.1 Å². The van der Waals surface area contributed by atoms with E-state index in [1.165, 1.54) is 23.3 Å². The van der Waals surface area contributed by atoms with Crippen molar-refractivity contribution in [3.8, 4) is 0 Å². The lowest BCUT2D eigenvalue weighted by atomic mass is 9.64. The van der Waals surface area contributed by atoms with Crippen molar-refractivity contribution in [1.82, 2.24) is 0 Å². The average Bonchev–Trinajstić information content (AvgIpc) is 2.23. The number of allylic oxidation sites excluding steroid dienone is 2. The molecule has 1 unspecified atom stereocenters. The molecule has 1 nitrogen and oxygen atoms in total. The largest absolute Gasteiger partial charge is 0.548 e. The van der Waals surface area contributed by atoms with E-state index in [0.717, 1.165) is 6.42 Å². The minimum atomic E-state index is -1.55. The van der Waals surface area contributed by atoms with Gasteiger partial charge in [-0.3, -0.25) is 0 Å². The standard InChI is InChI=1S/C19H30OSi/c1-15-10-8-9-11-17(15)19(4)13-16(20-21(5,6)7)12-18(2,3)14-19/h8-11,13H,12,14H2,1-7H3. The molecule has 0 bridgehead atoms. The maximum atomic E-state index is 6.37. The van der Waals surface area contributed by atoms with Gasteiger partial charge in [0.25, 0.3) is 0 Å². The van der Waals surface area contributed by atoms with Gasteiger partial charge < -0.3 is 4.43 Å². The normalized spacial score (nSPS) is 25.4. The smallest absolute Gasteiger partial charge is 0.241 e. The average molecular weight is 303 g/mol. The molecule has 1 atom stereocenters. The second kappa shape index (κ2) is 5.31. The zero-order chi connectivity index (χ0) is 15.9. The summed E-state index contributed by atoms with van der Waals surface area (Å²) in [5.74, 6) is 1.20. The molecule has 0 spiro atoms. The van der Waals surface area contributed by atoms with Crippen LogP contribution in [0, 0.1) is 12.3 Å². The van der Waals surface area contributed by atoms with Crippen molar-refractivity contribution < 1.29 is 4.43 Å². The summed E-state index contributed by atoms with van der Waals surface area (Å²) in [5.41, 5.74) is 3.17. The van der Waals surface area contributed by atoms with E-state index in [2.05, 4.69) is 77.7 Å². The molecule has 0 saturated heterocycles. The Balaban J connectivity index is 2.46. The second-order valence-corrected chi connectivity index (χ2v) is 13.0. The summed E-state index contributed by atoms with van der Waals surface area (Å²) in [4.78, 5) is 0. The highest BCUT2D eigenvalue weighted by Crippen LogP contribution is 2.47. The van der Waals surface area contributed by atoms with Crippen LogP contribution in [0.2, 0.25) is 19.6 Å². The number of rotatable bonds is 3. The fraction of sp³-hybridized carbons (Fsp3) is 0.579. The van der Waals surface area contributed by atoms with Gasteiger partial charge in [-0.1, -0.05) is 45.0 Å². The molecule has 0 radical (unpaired) electrons. The zero-order valence-electron chi connectivity index (χ0n) is 14.7. The number of aryl methyl sites for hydroxylation is 1. The lowest BCUT2D eigenvalue weighted by molar-refractivity contribution is 0.207. The SMILES string of the molecule is Cc1ccccc1C1(C)C=C(O[Si](C)(C)C)CC(C)(C)C1. The number of benzene rings is 1. The van der Waals surface area contributed by atoms with E-state index in [-0.39, 0.29) is 10.8 Å². The molecule has 1 aromatic carbocycles. The Morgan fingerprint density at radius 2 is 1.67 bits per heavy atom. The molecule has 2 rings (SSSR count). The van der Waals surface area contributed by atoms with Crippen molar-refractivity contribution in [2.45, 2.75) is 65.6 Å². The van der Waals surface area contributed by atoms with Crippen molar-refractivity contribution in [2.75, 3.05) is 0 Å². The van der Waals surface area contributed by atoms with Crippen molar-refractivity contribution in [3.05, 3.63) is 47.2 Å². The Kier molecular flexibility index (Phi) is 4.14. The van der Waals surface area contributed by atoms with Crippen molar-refractivity contribution in [1.29, 1.82) is 0 Å². The lowest BCUT2D eigenvalue weighted by Crippen LogP contribution is -2.36. The van der Waals surface area contributed by atoms with E-state index >= 15 is 0 Å². The van der Waals surface area contributed by atoms with E-state index < -0.39 is 8.32 Å². The molecule has 0 fully saturated rings. The van der Waals surface area contributed by atoms with Crippen LogP contribution in [-0.2, 0) is 9.84 Å². The Morgan fingerprint density at radius 3 is 2.24 bits per heavy atom. The van der Waals surface area contributed by atoms with Crippen LogP contribution < -0.4 is 0 Å². The molecule has 0 heterocycles. The lowest BCUT2D eigenvalue weighted by Gasteiger charge is -2.43. The van der Waals surface area contributed by atoms with Gasteiger partial charge in [-0.25, -0.2) is 0 Å². The Labute approximate surface area is 131 Å². The minimum absolute atomic E-state index is 0.0715. The summed E-state index contributed by atoms with van der Waals surface area (Å²) in [6.07, 6.45) is 4.63. The molecule has 116 valence electrons. The zero-order valence-corrected chi connectivity index (χ0v) is 15.7. The number of hydrogen-bond donors (Lipinski definition) is 0. The van der Waals surface area contributed by atoms with Crippen LogP contribution in [0.25, 0.3) is 0 Å². The van der Waals surface area contributed by atoms with Gasteiger partial charge in [0, 0.05) is 11.8 Å². The fourth-order valence-electron chi connectivity index (χ4n) is 3.83. The van der Waals surface area contributed by atoms with Gasteiger partial charge in [0.15, 0.2) is 0 Å². The molecule has 0 N–H and O–H groups in total. The highest BCUT2D eigenvalue weighted by Gasteiger charge is 2.39. The van der Waals surface area contributed by atoms with Crippen LogP contribution >= 0.6 is 0 Å². The van der Waals surface area contributed by atoms with Crippen LogP contribution in [-0.4, -0.2) is 8.32 Å². The molecule has 1 aliphatic carbocycles. The van der Waals surface area contributed by atoms with Crippen LogP contribution in [0.4, 0.5) is 0 Å². The third kappa shape index (κ3) is 4.00. The Bertz CT molecular complexity index is 551. The third-order valence-corrected chi connectivity index (χ3v) is 5.05. The van der Waals surface area contributed by atoms with Gasteiger partial charge in [0.2, 0.25) is 8.32 Å². The van der Waals surface area contributed by atoms with Crippen LogP contribution in [0.5, 0.6) is 0 Å². The second-order valence-electron chi connectivity index (χ2n) is 8.58. The Morgan fingerprint density at radius 1 is 1.05 bits per heavy atom. The van der Waals surface area contributed by atoms with Crippen LogP contribution in [0.3, 0.4) is 0 Å². The van der Waals surface area contributed by atoms with Gasteiger partial charge >= 0.3 is 0 Å². The van der Waals surface area contributed by atoms with Gasteiger partial charge in [-0.15, -0.1) is 0 Å². The molecule has 1 aromatic rings. The predicted molar refractivity (Wildman–Crippen MR) is 94.1 cm³/mol. The molecule has 0 aliphatic heterocycles. The monoisotopic (exact) mass is 302 g/mol. The summed E-state index contributed by atoms with van der Waals surface area (Å²) in [6, 6.07) is 8.77. The molecule has 2 heteroatoms. The maximum Gasteiger partial charge on any atom is 0.241 e. The quantitative estimate of drug-likeness (QED) is 0.640. The summed E-state index contributed by atoms with van der Waals surface area (Å²) >= 11 is 0. The van der Waals surface area contributed by atoms with E-state index in [9.17, 15) is 0 Å². The van der Waals surface area contributed by atoms with E-state index in [4.69, 9.17) is 4.43 Å². The predicted octanol–water partition coefficient (Wildman–Crippen LogP) is 5.81. The topological polar surface area (TPSA) is 9.23 Å². The summed E-state index contributed by atoms with van der Waals surface area (Å²) in [7, 11) is -1.55. The van der Waals surface area contributed by atoms with Gasteiger partial charge in [-0.05, 0) is 55.6 Å². The molecule has 21 heavy (non-hydrogen) atoms.